The van der Waals surface area contributed by atoms with Crippen LogP contribution in [0.1, 0.15) is 18.4 Å². The number of aliphatic carboxylic acids is 1. The number of benzene rings is 1. The van der Waals surface area contributed by atoms with E-state index in [-0.39, 0.29) is 12.3 Å². The van der Waals surface area contributed by atoms with Crippen molar-refractivity contribution >= 4 is 11.9 Å². The summed E-state index contributed by atoms with van der Waals surface area (Å²) in [6.45, 7) is 0.534. The van der Waals surface area contributed by atoms with Gasteiger partial charge < -0.3 is 14.7 Å². The van der Waals surface area contributed by atoms with Crippen LogP contribution in [0.2, 0.25) is 0 Å². The SMILES string of the molecule is COc1ccc(CC(=O)N2CCCC2C(=O)O)cc1. The lowest BCUT2D eigenvalue weighted by Gasteiger charge is -2.21. The highest BCUT2D eigenvalue weighted by Gasteiger charge is 2.33. The maximum atomic E-state index is 12.1. The number of likely N-dealkylation sites (tertiary alicyclic amines) is 1. The van der Waals surface area contributed by atoms with Gasteiger partial charge in [0.25, 0.3) is 0 Å². The number of carboxylic acids is 1. The minimum atomic E-state index is -0.916. The largest absolute Gasteiger partial charge is 0.497 e. The van der Waals surface area contributed by atoms with Crippen LogP contribution in [0.3, 0.4) is 0 Å². The van der Waals surface area contributed by atoms with Gasteiger partial charge in [0.05, 0.1) is 13.5 Å². The number of ether oxygens (including phenoxy) is 1. The molecular formula is C14H17NO4. The van der Waals surface area contributed by atoms with Crippen LogP contribution in [-0.4, -0.2) is 41.6 Å². The van der Waals surface area contributed by atoms with E-state index < -0.39 is 12.0 Å². The number of methoxy groups -OCH3 is 1. The van der Waals surface area contributed by atoms with Gasteiger partial charge in [-0.25, -0.2) is 4.79 Å². The summed E-state index contributed by atoms with van der Waals surface area (Å²) in [5, 5.41) is 9.06. The zero-order valence-electron chi connectivity index (χ0n) is 10.8. The summed E-state index contributed by atoms with van der Waals surface area (Å²) in [6, 6.07) is 6.57. The van der Waals surface area contributed by atoms with Crippen LogP contribution >= 0.6 is 0 Å². The highest BCUT2D eigenvalue weighted by atomic mass is 16.5. The highest BCUT2D eigenvalue weighted by molar-refractivity contribution is 5.85. The summed E-state index contributed by atoms with van der Waals surface area (Å²) in [4.78, 5) is 24.6. The van der Waals surface area contributed by atoms with E-state index in [1.807, 2.05) is 12.1 Å². The van der Waals surface area contributed by atoms with Gasteiger partial charge in [-0.05, 0) is 30.5 Å². The van der Waals surface area contributed by atoms with Gasteiger partial charge in [0.2, 0.25) is 5.91 Å². The molecule has 1 heterocycles. The van der Waals surface area contributed by atoms with Gasteiger partial charge in [-0.2, -0.15) is 0 Å². The standard InChI is InChI=1S/C14H17NO4/c1-19-11-6-4-10(5-7-11)9-13(16)15-8-2-3-12(15)14(17)18/h4-7,12H,2-3,8-9H2,1H3,(H,17,18). The topological polar surface area (TPSA) is 66.8 Å². The average Bonchev–Trinajstić information content (AvgIpc) is 2.89. The van der Waals surface area contributed by atoms with Crippen molar-refractivity contribution in [3.8, 4) is 5.75 Å². The average molecular weight is 263 g/mol. The van der Waals surface area contributed by atoms with E-state index in [2.05, 4.69) is 0 Å². The first-order valence-electron chi connectivity index (χ1n) is 6.27. The molecule has 0 radical (unpaired) electrons. The van der Waals surface area contributed by atoms with Crippen LogP contribution in [0.15, 0.2) is 24.3 Å². The fraction of sp³-hybridized carbons (Fsp3) is 0.429. The van der Waals surface area contributed by atoms with Crippen LogP contribution in [0.25, 0.3) is 0 Å². The van der Waals surface area contributed by atoms with Crippen molar-refractivity contribution in [2.45, 2.75) is 25.3 Å². The quantitative estimate of drug-likeness (QED) is 0.889. The van der Waals surface area contributed by atoms with Crippen LogP contribution in [-0.2, 0) is 16.0 Å². The zero-order chi connectivity index (χ0) is 13.8. The first-order valence-corrected chi connectivity index (χ1v) is 6.27. The molecule has 0 aromatic heterocycles. The number of rotatable bonds is 4. The number of hydrogen-bond donors (Lipinski definition) is 1. The second-order valence-electron chi connectivity index (χ2n) is 4.61. The Morgan fingerprint density at radius 1 is 1.37 bits per heavy atom. The van der Waals surface area contributed by atoms with Crippen molar-refractivity contribution in [1.29, 1.82) is 0 Å². The normalized spacial score (nSPS) is 18.4. The first-order chi connectivity index (χ1) is 9.11. The lowest BCUT2D eigenvalue weighted by atomic mass is 10.1. The van der Waals surface area contributed by atoms with Gasteiger partial charge in [0.15, 0.2) is 0 Å². The monoisotopic (exact) mass is 263 g/mol. The third kappa shape index (κ3) is 3.05. The van der Waals surface area contributed by atoms with Crippen molar-refractivity contribution in [2.75, 3.05) is 13.7 Å². The Labute approximate surface area is 111 Å². The number of nitrogens with zero attached hydrogens (tertiary/aromatic N) is 1. The third-order valence-electron chi connectivity index (χ3n) is 3.37. The molecule has 1 atom stereocenters. The number of carbonyl (C=O) groups excluding carboxylic acids is 1. The molecular weight excluding hydrogens is 246 g/mol. The summed E-state index contributed by atoms with van der Waals surface area (Å²) in [5.74, 6) is -0.309. The maximum Gasteiger partial charge on any atom is 0.326 e. The van der Waals surface area contributed by atoms with Gasteiger partial charge in [-0.1, -0.05) is 12.1 Å². The van der Waals surface area contributed by atoms with Gasteiger partial charge in [-0.3, -0.25) is 4.79 Å². The van der Waals surface area contributed by atoms with Crippen molar-refractivity contribution < 1.29 is 19.4 Å². The van der Waals surface area contributed by atoms with Crippen LogP contribution in [0, 0.1) is 0 Å². The second-order valence-corrected chi connectivity index (χ2v) is 4.61. The predicted octanol–water partition coefficient (Wildman–Crippen LogP) is 1.31. The molecule has 0 aliphatic carbocycles. The summed E-state index contributed by atoms with van der Waals surface area (Å²) < 4.78 is 5.05. The molecule has 1 N–H and O–H groups in total. The van der Waals surface area contributed by atoms with Gasteiger partial charge in [0.1, 0.15) is 11.8 Å². The van der Waals surface area contributed by atoms with Gasteiger partial charge >= 0.3 is 5.97 Å². The Hall–Kier alpha value is -2.04. The first kappa shape index (κ1) is 13.4. The molecule has 102 valence electrons. The van der Waals surface area contributed by atoms with Crippen LogP contribution in [0.5, 0.6) is 5.75 Å². The van der Waals surface area contributed by atoms with Gasteiger partial charge in [-0.15, -0.1) is 0 Å². The van der Waals surface area contributed by atoms with Crippen molar-refractivity contribution in [1.82, 2.24) is 4.90 Å². The molecule has 1 aliphatic heterocycles. The molecule has 1 aromatic rings. The Morgan fingerprint density at radius 2 is 2.05 bits per heavy atom. The van der Waals surface area contributed by atoms with E-state index in [0.29, 0.717) is 13.0 Å². The number of carbonyl (C=O) groups is 2. The number of amides is 1. The fourth-order valence-electron chi connectivity index (χ4n) is 2.34. The van der Waals surface area contributed by atoms with Crippen molar-refractivity contribution in [3.63, 3.8) is 0 Å². The molecule has 0 spiro atoms. The van der Waals surface area contributed by atoms with E-state index in [1.165, 1.54) is 4.90 Å². The minimum absolute atomic E-state index is 0.130. The Morgan fingerprint density at radius 3 is 2.63 bits per heavy atom. The van der Waals surface area contributed by atoms with E-state index in [0.717, 1.165) is 17.7 Å². The highest BCUT2D eigenvalue weighted by Crippen LogP contribution is 2.19. The maximum absolute atomic E-state index is 12.1. The summed E-state index contributed by atoms with van der Waals surface area (Å²) >= 11 is 0. The van der Waals surface area contributed by atoms with E-state index >= 15 is 0 Å². The fourth-order valence-corrected chi connectivity index (χ4v) is 2.34. The van der Waals surface area contributed by atoms with Crippen LogP contribution in [0.4, 0.5) is 0 Å². The van der Waals surface area contributed by atoms with E-state index in [9.17, 15) is 9.59 Å². The number of hydrogen-bond acceptors (Lipinski definition) is 3. The molecule has 0 bridgehead atoms. The minimum Gasteiger partial charge on any atom is -0.497 e. The molecule has 1 amide bonds. The zero-order valence-corrected chi connectivity index (χ0v) is 10.8. The summed E-state index contributed by atoms with van der Waals surface area (Å²) in [5.41, 5.74) is 0.863. The summed E-state index contributed by atoms with van der Waals surface area (Å²) in [6.07, 6.45) is 1.53. The Balaban J connectivity index is 2.01. The summed E-state index contributed by atoms with van der Waals surface area (Å²) in [7, 11) is 1.59. The molecule has 1 aromatic carbocycles. The molecule has 0 saturated carbocycles. The number of carboxylic acid groups (broad SMARTS) is 1. The lowest BCUT2D eigenvalue weighted by Crippen LogP contribution is -2.41. The third-order valence-corrected chi connectivity index (χ3v) is 3.37. The molecule has 1 fully saturated rings. The molecule has 2 rings (SSSR count). The predicted molar refractivity (Wildman–Crippen MR) is 69.1 cm³/mol. The van der Waals surface area contributed by atoms with Crippen molar-refractivity contribution in [3.05, 3.63) is 29.8 Å². The van der Waals surface area contributed by atoms with Crippen LogP contribution < -0.4 is 4.74 Å². The molecule has 1 aliphatic rings. The van der Waals surface area contributed by atoms with E-state index in [1.54, 1.807) is 19.2 Å². The molecule has 5 heteroatoms. The molecule has 1 unspecified atom stereocenters. The molecule has 1 saturated heterocycles. The van der Waals surface area contributed by atoms with Crippen molar-refractivity contribution in [2.24, 2.45) is 0 Å². The second kappa shape index (κ2) is 5.73. The smallest absolute Gasteiger partial charge is 0.326 e. The van der Waals surface area contributed by atoms with Gasteiger partial charge in [0, 0.05) is 6.54 Å². The Bertz CT molecular complexity index is 469. The van der Waals surface area contributed by atoms with E-state index in [4.69, 9.17) is 9.84 Å². The Kier molecular flexibility index (Phi) is 4.04. The molecule has 19 heavy (non-hydrogen) atoms. The molecule has 5 nitrogen and oxygen atoms in total. The lowest BCUT2D eigenvalue weighted by molar-refractivity contribution is -0.148.